The molecule has 0 aliphatic heterocycles. The van der Waals surface area contributed by atoms with Gasteiger partial charge in [-0.3, -0.25) is 4.79 Å². The number of aromatic hydroxyl groups is 2. The lowest BCUT2D eigenvalue weighted by molar-refractivity contribution is 0.102. The molecule has 0 spiro atoms. The third-order valence-electron chi connectivity index (χ3n) is 2.99. The zero-order valence-electron chi connectivity index (χ0n) is 11.6. The summed E-state index contributed by atoms with van der Waals surface area (Å²) in [5.41, 5.74) is 0.638. The van der Waals surface area contributed by atoms with Crippen LogP contribution in [0.25, 0.3) is 0 Å². The highest BCUT2D eigenvalue weighted by molar-refractivity contribution is 6.05. The number of phenolic OH excluding ortho intramolecular Hbond substituents is 2. The number of hydrogen-bond acceptors (Lipinski definition) is 4. The number of benzene rings is 1. The first kappa shape index (κ1) is 14.0. The van der Waals surface area contributed by atoms with E-state index < -0.39 is 5.91 Å². The van der Waals surface area contributed by atoms with Crippen molar-refractivity contribution < 1.29 is 19.4 Å². The summed E-state index contributed by atoms with van der Waals surface area (Å²) in [5, 5.41) is 22.6. The van der Waals surface area contributed by atoms with Gasteiger partial charge in [0.15, 0.2) is 0 Å². The summed E-state index contributed by atoms with van der Waals surface area (Å²) in [5.74, 6) is -0.780. The maximum atomic E-state index is 11.9. The monoisotopic (exact) mass is 275 g/mol. The molecule has 0 aliphatic carbocycles. The minimum atomic E-state index is -0.463. The highest BCUT2D eigenvalue weighted by Crippen LogP contribution is 2.41. The molecule has 3 N–H and O–H groups in total. The first-order valence-corrected chi connectivity index (χ1v) is 6.19. The minimum Gasteiger partial charge on any atom is -0.506 e. The van der Waals surface area contributed by atoms with Gasteiger partial charge >= 0.3 is 0 Å². The molecule has 0 radical (unpaired) electrons. The number of amides is 1. The Balaban J connectivity index is 2.39. The predicted octanol–water partition coefficient (Wildman–Crippen LogP) is 3.24. The molecule has 2 aromatic rings. The molecule has 5 heteroatoms. The molecule has 0 unspecified atom stereocenters. The van der Waals surface area contributed by atoms with Gasteiger partial charge in [-0.2, -0.15) is 0 Å². The quantitative estimate of drug-likeness (QED) is 0.735. The number of carbonyl (C=O) groups is 1. The van der Waals surface area contributed by atoms with Crippen LogP contribution in [0, 0.1) is 0 Å². The molecule has 0 saturated carbocycles. The number of nitrogens with one attached hydrogen (secondary N) is 1. The zero-order chi connectivity index (χ0) is 14.9. The topological polar surface area (TPSA) is 82.7 Å². The Labute approximate surface area is 116 Å². The zero-order valence-corrected chi connectivity index (χ0v) is 11.6. The van der Waals surface area contributed by atoms with Crippen LogP contribution in [0.15, 0.2) is 35.1 Å². The Morgan fingerprint density at radius 3 is 2.45 bits per heavy atom. The molecule has 5 nitrogen and oxygen atoms in total. The molecule has 1 aromatic heterocycles. The van der Waals surface area contributed by atoms with Crippen molar-refractivity contribution in [3.63, 3.8) is 0 Å². The Kier molecular flexibility index (Phi) is 3.44. The van der Waals surface area contributed by atoms with E-state index in [0.717, 1.165) is 0 Å². The number of carbonyl (C=O) groups excluding carboxylic acids is 1. The van der Waals surface area contributed by atoms with Crippen molar-refractivity contribution in [1.82, 2.24) is 0 Å². The smallest absolute Gasteiger partial charge is 0.259 e. The molecule has 1 amide bonds. The molecule has 0 atom stereocenters. The predicted molar refractivity (Wildman–Crippen MR) is 75.1 cm³/mol. The van der Waals surface area contributed by atoms with Crippen molar-refractivity contribution in [3.8, 4) is 11.5 Å². The van der Waals surface area contributed by atoms with E-state index in [1.165, 1.54) is 24.7 Å². The van der Waals surface area contributed by atoms with Crippen LogP contribution >= 0.6 is 0 Å². The van der Waals surface area contributed by atoms with Crippen LogP contribution in [0.3, 0.4) is 0 Å². The van der Waals surface area contributed by atoms with Gasteiger partial charge in [0.1, 0.15) is 23.4 Å². The number of furan rings is 1. The lowest BCUT2D eigenvalue weighted by Gasteiger charge is -2.22. The molecule has 0 saturated heterocycles. The summed E-state index contributed by atoms with van der Waals surface area (Å²) < 4.78 is 4.83. The third-order valence-corrected chi connectivity index (χ3v) is 2.99. The molecule has 1 heterocycles. The van der Waals surface area contributed by atoms with Crippen molar-refractivity contribution in [2.45, 2.75) is 26.2 Å². The molecule has 1 aromatic carbocycles. The second-order valence-corrected chi connectivity index (χ2v) is 5.57. The van der Waals surface area contributed by atoms with Gasteiger partial charge in [0.05, 0.1) is 11.8 Å². The Morgan fingerprint density at radius 2 is 1.90 bits per heavy atom. The van der Waals surface area contributed by atoms with Crippen LogP contribution in [0.5, 0.6) is 11.5 Å². The second-order valence-electron chi connectivity index (χ2n) is 5.57. The maximum Gasteiger partial charge on any atom is 0.259 e. The lowest BCUT2D eigenvalue weighted by atomic mass is 9.86. The van der Waals surface area contributed by atoms with Crippen molar-refractivity contribution in [1.29, 1.82) is 0 Å². The van der Waals surface area contributed by atoms with Gasteiger partial charge in [0, 0.05) is 5.56 Å². The second kappa shape index (κ2) is 4.92. The van der Waals surface area contributed by atoms with Crippen molar-refractivity contribution >= 4 is 11.6 Å². The fraction of sp³-hybridized carbons (Fsp3) is 0.267. The van der Waals surface area contributed by atoms with Crippen LogP contribution < -0.4 is 5.32 Å². The van der Waals surface area contributed by atoms with Gasteiger partial charge in [-0.15, -0.1) is 0 Å². The number of phenols is 2. The van der Waals surface area contributed by atoms with E-state index in [4.69, 9.17) is 4.42 Å². The van der Waals surface area contributed by atoms with Gasteiger partial charge in [-0.25, -0.2) is 0 Å². The van der Waals surface area contributed by atoms with Gasteiger partial charge in [0.25, 0.3) is 5.91 Å². The van der Waals surface area contributed by atoms with Crippen molar-refractivity contribution in [3.05, 3.63) is 41.9 Å². The standard InChI is InChI=1S/C15H17NO4/c1-15(2,3)10-4-5-11(17)12(13(10)18)16-14(19)9-6-7-20-8-9/h4-8,17-18H,1-3H3,(H,16,19). The average molecular weight is 275 g/mol. The number of rotatable bonds is 2. The fourth-order valence-corrected chi connectivity index (χ4v) is 1.89. The van der Waals surface area contributed by atoms with Crippen LogP contribution in [-0.4, -0.2) is 16.1 Å². The van der Waals surface area contributed by atoms with E-state index in [9.17, 15) is 15.0 Å². The molecular weight excluding hydrogens is 258 g/mol. The Morgan fingerprint density at radius 1 is 1.20 bits per heavy atom. The van der Waals surface area contributed by atoms with E-state index >= 15 is 0 Å². The summed E-state index contributed by atoms with van der Waals surface area (Å²) in [6, 6.07) is 4.58. The largest absolute Gasteiger partial charge is 0.506 e. The number of hydrogen-bond donors (Lipinski definition) is 3. The SMILES string of the molecule is CC(C)(C)c1ccc(O)c(NC(=O)c2ccoc2)c1O. The molecule has 0 aliphatic rings. The lowest BCUT2D eigenvalue weighted by Crippen LogP contribution is -2.15. The van der Waals surface area contributed by atoms with Crippen LogP contribution in [0.2, 0.25) is 0 Å². The van der Waals surface area contributed by atoms with E-state index in [-0.39, 0.29) is 22.6 Å². The fourth-order valence-electron chi connectivity index (χ4n) is 1.89. The molecule has 0 fully saturated rings. The Hall–Kier alpha value is -2.43. The van der Waals surface area contributed by atoms with Crippen LogP contribution in [0.1, 0.15) is 36.7 Å². The van der Waals surface area contributed by atoms with Gasteiger partial charge in [0.2, 0.25) is 0 Å². The first-order valence-electron chi connectivity index (χ1n) is 6.19. The molecule has 0 bridgehead atoms. The highest BCUT2D eigenvalue weighted by Gasteiger charge is 2.23. The minimum absolute atomic E-state index is 0.00336. The van der Waals surface area contributed by atoms with Crippen molar-refractivity contribution in [2.24, 2.45) is 0 Å². The summed E-state index contributed by atoms with van der Waals surface area (Å²) in [6.07, 6.45) is 2.66. The maximum absolute atomic E-state index is 11.9. The van der Waals surface area contributed by atoms with Crippen LogP contribution in [-0.2, 0) is 5.41 Å². The third kappa shape index (κ3) is 2.61. The van der Waals surface area contributed by atoms with Crippen molar-refractivity contribution in [2.75, 3.05) is 5.32 Å². The summed E-state index contributed by atoms with van der Waals surface area (Å²) in [7, 11) is 0. The van der Waals surface area contributed by atoms with E-state index in [1.54, 1.807) is 6.07 Å². The molecule has 20 heavy (non-hydrogen) atoms. The molecular formula is C15H17NO4. The normalized spacial score (nSPS) is 11.3. The summed E-state index contributed by atoms with van der Waals surface area (Å²) >= 11 is 0. The first-order chi connectivity index (χ1) is 9.30. The van der Waals surface area contributed by atoms with Gasteiger partial charge in [-0.1, -0.05) is 26.8 Å². The Bertz CT molecular complexity index is 624. The summed E-state index contributed by atoms with van der Waals surface area (Å²) in [6.45, 7) is 5.79. The van der Waals surface area contributed by atoms with Gasteiger partial charge < -0.3 is 19.9 Å². The highest BCUT2D eigenvalue weighted by atomic mass is 16.3. The summed E-state index contributed by atoms with van der Waals surface area (Å²) in [4.78, 5) is 11.9. The van der Waals surface area contributed by atoms with E-state index in [2.05, 4.69) is 5.32 Å². The van der Waals surface area contributed by atoms with E-state index in [1.807, 2.05) is 20.8 Å². The van der Waals surface area contributed by atoms with Crippen LogP contribution in [0.4, 0.5) is 5.69 Å². The average Bonchev–Trinajstić information content (AvgIpc) is 2.86. The molecule has 106 valence electrons. The molecule has 2 rings (SSSR count). The van der Waals surface area contributed by atoms with Gasteiger partial charge in [-0.05, 0) is 17.5 Å². The number of anilines is 1. The van der Waals surface area contributed by atoms with E-state index in [0.29, 0.717) is 11.1 Å².